The van der Waals surface area contributed by atoms with Crippen molar-refractivity contribution >= 4 is 16.9 Å². The summed E-state index contributed by atoms with van der Waals surface area (Å²) in [7, 11) is 2.10. The van der Waals surface area contributed by atoms with Crippen LogP contribution in [0.1, 0.15) is 19.4 Å². The van der Waals surface area contributed by atoms with Crippen LogP contribution in [0, 0.1) is 0 Å². The molecule has 22 heavy (non-hydrogen) atoms. The third kappa shape index (κ3) is 4.08. The normalized spacial score (nSPS) is 11.3. The van der Waals surface area contributed by atoms with Crippen molar-refractivity contribution < 1.29 is 14.3 Å². The van der Waals surface area contributed by atoms with Crippen molar-refractivity contribution in [2.75, 3.05) is 33.4 Å². The van der Waals surface area contributed by atoms with E-state index in [1.54, 1.807) is 0 Å². The smallest absolute Gasteiger partial charge is 0.337 e. The van der Waals surface area contributed by atoms with Crippen LogP contribution in [0.4, 0.5) is 0 Å². The Morgan fingerprint density at radius 3 is 2.86 bits per heavy atom. The minimum atomic E-state index is -0.368. The van der Waals surface area contributed by atoms with E-state index < -0.39 is 0 Å². The molecule has 1 N–H and O–H groups in total. The van der Waals surface area contributed by atoms with Crippen LogP contribution in [0.5, 0.6) is 5.75 Å². The SMILES string of the molecule is CCOCC(=O)Oc1cccc2[nH]cc(CCN(C)CC)c12. The zero-order valence-corrected chi connectivity index (χ0v) is 13.5. The number of benzene rings is 1. The Balaban J connectivity index is 2.19. The number of carbonyl (C=O) groups excluding carboxylic acids is 1. The summed E-state index contributed by atoms with van der Waals surface area (Å²) in [5, 5.41) is 0.983. The summed E-state index contributed by atoms with van der Waals surface area (Å²) in [4.78, 5) is 17.3. The summed E-state index contributed by atoms with van der Waals surface area (Å²) in [5.74, 6) is 0.227. The summed E-state index contributed by atoms with van der Waals surface area (Å²) >= 11 is 0. The van der Waals surface area contributed by atoms with Crippen LogP contribution < -0.4 is 4.74 Å². The monoisotopic (exact) mass is 304 g/mol. The highest BCUT2D eigenvalue weighted by Gasteiger charge is 2.13. The molecule has 0 radical (unpaired) electrons. The van der Waals surface area contributed by atoms with Gasteiger partial charge in [-0.05, 0) is 44.6 Å². The number of likely N-dealkylation sites (N-methyl/N-ethyl adjacent to an activating group) is 1. The number of H-pyrrole nitrogens is 1. The van der Waals surface area contributed by atoms with Crippen LogP contribution in [0.15, 0.2) is 24.4 Å². The molecule has 0 spiro atoms. The fourth-order valence-electron chi connectivity index (χ4n) is 2.31. The number of ether oxygens (including phenoxy) is 2. The van der Waals surface area contributed by atoms with Gasteiger partial charge in [-0.1, -0.05) is 13.0 Å². The van der Waals surface area contributed by atoms with Crippen molar-refractivity contribution in [2.24, 2.45) is 0 Å². The lowest BCUT2D eigenvalue weighted by molar-refractivity contribution is -0.139. The van der Waals surface area contributed by atoms with Gasteiger partial charge in [0.25, 0.3) is 0 Å². The highest BCUT2D eigenvalue weighted by molar-refractivity contribution is 5.91. The van der Waals surface area contributed by atoms with E-state index in [1.807, 2.05) is 31.3 Å². The van der Waals surface area contributed by atoms with E-state index in [2.05, 4.69) is 23.9 Å². The van der Waals surface area contributed by atoms with Crippen LogP contribution in [0.3, 0.4) is 0 Å². The number of rotatable bonds is 8. The second-order valence-electron chi connectivity index (χ2n) is 5.25. The van der Waals surface area contributed by atoms with Crippen LogP contribution in [0.25, 0.3) is 10.9 Å². The molecule has 2 aromatic rings. The van der Waals surface area contributed by atoms with Crippen LogP contribution in [-0.4, -0.2) is 49.2 Å². The molecule has 5 heteroatoms. The fraction of sp³-hybridized carbons (Fsp3) is 0.471. The Hall–Kier alpha value is -1.85. The fourth-order valence-corrected chi connectivity index (χ4v) is 2.31. The molecule has 0 unspecified atom stereocenters. The number of carbonyl (C=O) groups is 1. The van der Waals surface area contributed by atoms with Gasteiger partial charge in [0.1, 0.15) is 12.4 Å². The van der Waals surface area contributed by atoms with Gasteiger partial charge >= 0.3 is 5.97 Å². The van der Waals surface area contributed by atoms with E-state index in [-0.39, 0.29) is 12.6 Å². The van der Waals surface area contributed by atoms with E-state index in [9.17, 15) is 4.79 Å². The molecule has 0 bridgehead atoms. The molecule has 0 amide bonds. The molecule has 0 aliphatic heterocycles. The van der Waals surface area contributed by atoms with Gasteiger partial charge in [0.05, 0.1) is 0 Å². The predicted octanol–water partition coefficient (Wildman–Crippen LogP) is 2.60. The first kappa shape index (κ1) is 16.5. The molecule has 1 aromatic carbocycles. The van der Waals surface area contributed by atoms with Gasteiger partial charge in [0, 0.05) is 30.3 Å². The third-order valence-electron chi connectivity index (χ3n) is 3.70. The molecular formula is C17H24N2O3. The van der Waals surface area contributed by atoms with E-state index in [0.29, 0.717) is 12.4 Å². The van der Waals surface area contributed by atoms with E-state index in [0.717, 1.165) is 36.0 Å². The maximum atomic E-state index is 11.8. The predicted molar refractivity (Wildman–Crippen MR) is 87.3 cm³/mol. The summed E-state index contributed by atoms with van der Waals surface area (Å²) in [6.45, 7) is 6.44. The second-order valence-corrected chi connectivity index (χ2v) is 5.25. The van der Waals surface area contributed by atoms with Crippen molar-refractivity contribution in [3.8, 4) is 5.75 Å². The van der Waals surface area contributed by atoms with Gasteiger partial charge < -0.3 is 19.4 Å². The first-order chi connectivity index (χ1) is 10.7. The third-order valence-corrected chi connectivity index (χ3v) is 3.70. The first-order valence-corrected chi connectivity index (χ1v) is 7.71. The van der Waals surface area contributed by atoms with E-state index >= 15 is 0 Å². The quantitative estimate of drug-likeness (QED) is 0.601. The molecule has 0 aliphatic rings. The molecule has 0 atom stereocenters. The molecule has 1 aromatic heterocycles. The maximum Gasteiger partial charge on any atom is 0.337 e. The van der Waals surface area contributed by atoms with E-state index in [1.165, 1.54) is 0 Å². The van der Waals surface area contributed by atoms with Gasteiger partial charge in [-0.2, -0.15) is 0 Å². The number of esters is 1. The number of hydrogen-bond acceptors (Lipinski definition) is 4. The molecule has 120 valence electrons. The van der Waals surface area contributed by atoms with Crippen molar-refractivity contribution in [3.05, 3.63) is 30.0 Å². The lowest BCUT2D eigenvalue weighted by Crippen LogP contribution is -2.20. The van der Waals surface area contributed by atoms with Gasteiger partial charge in [-0.25, -0.2) is 4.79 Å². The number of aromatic nitrogens is 1. The van der Waals surface area contributed by atoms with E-state index in [4.69, 9.17) is 9.47 Å². The van der Waals surface area contributed by atoms with Gasteiger partial charge in [0.15, 0.2) is 0 Å². The Labute approximate surface area is 131 Å². The number of aromatic amines is 1. The molecule has 0 saturated heterocycles. The Morgan fingerprint density at radius 2 is 2.14 bits per heavy atom. The number of fused-ring (bicyclic) bond motifs is 1. The molecule has 5 nitrogen and oxygen atoms in total. The topological polar surface area (TPSA) is 54.6 Å². The molecule has 0 saturated carbocycles. The number of nitrogens with zero attached hydrogens (tertiary/aromatic N) is 1. The Kier molecular flexibility index (Phi) is 5.98. The molecule has 0 aliphatic carbocycles. The lowest BCUT2D eigenvalue weighted by Gasteiger charge is -2.13. The maximum absolute atomic E-state index is 11.8. The van der Waals surface area contributed by atoms with Crippen molar-refractivity contribution in [2.45, 2.75) is 20.3 Å². The van der Waals surface area contributed by atoms with Crippen LogP contribution in [-0.2, 0) is 16.0 Å². The molecule has 0 fully saturated rings. The van der Waals surface area contributed by atoms with Crippen LogP contribution in [0.2, 0.25) is 0 Å². The molecule has 1 heterocycles. The molecule has 2 rings (SSSR count). The standard InChI is InChI=1S/C17H24N2O3/c1-4-19(3)10-9-13-11-18-14-7-6-8-15(17(13)14)22-16(20)12-21-5-2/h6-8,11,18H,4-5,9-10,12H2,1-3H3. The van der Waals surface area contributed by atoms with Crippen molar-refractivity contribution in [1.82, 2.24) is 9.88 Å². The average Bonchev–Trinajstić information content (AvgIpc) is 2.94. The van der Waals surface area contributed by atoms with Crippen molar-refractivity contribution in [1.29, 1.82) is 0 Å². The molecular weight excluding hydrogens is 280 g/mol. The van der Waals surface area contributed by atoms with Gasteiger partial charge in [-0.3, -0.25) is 0 Å². The first-order valence-electron chi connectivity index (χ1n) is 7.71. The minimum absolute atomic E-state index is 0.0226. The lowest BCUT2D eigenvalue weighted by atomic mass is 10.1. The summed E-state index contributed by atoms with van der Waals surface area (Å²) in [6, 6.07) is 5.69. The highest BCUT2D eigenvalue weighted by atomic mass is 16.6. The summed E-state index contributed by atoms with van der Waals surface area (Å²) in [6.07, 6.45) is 2.90. The summed E-state index contributed by atoms with van der Waals surface area (Å²) < 4.78 is 10.6. The zero-order chi connectivity index (χ0) is 15.9. The Morgan fingerprint density at radius 1 is 1.32 bits per heavy atom. The average molecular weight is 304 g/mol. The number of hydrogen-bond donors (Lipinski definition) is 1. The Bertz CT molecular complexity index is 621. The van der Waals surface area contributed by atoms with Gasteiger partial charge in [-0.15, -0.1) is 0 Å². The largest absolute Gasteiger partial charge is 0.424 e. The second kappa shape index (κ2) is 7.96. The van der Waals surface area contributed by atoms with Gasteiger partial charge in [0.2, 0.25) is 0 Å². The number of nitrogens with one attached hydrogen (secondary N) is 1. The zero-order valence-electron chi connectivity index (χ0n) is 13.5. The summed E-state index contributed by atoms with van der Waals surface area (Å²) in [5.41, 5.74) is 2.14. The highest BCUT2D eigenvalue weighted by Crippen LogP contribution is 2.29. The van der Waals surface area contributed by atoms with Crippen LogP contribution >= 0.6 is 0 Å². The minimum Gasteiger partial charge on any atom is -0.424 e. The van der Waals surface area contributed by atoms with Crippen molar-refractivity contribution in [3.63, 3.8) is 0 Å².